The molecule has 1 aliphatic rings. The third kappa shape index (κ3) is 4.08. The van der Waals surface area contributed by atoms with E-state index >= 15 is 0 Å². The molecule has 1 atom stereocenters. The van der Waals surface area contributed by atoms with Crippen LogP contribution >= 0.6 is 0 Å². The Bertz CT molecular complexity index is 562. The Kier molecular flexibility index (Phi) is 6.00. The second-order valence-corrected chi connectivity index (χ2v) is 8.18. The van der Waals surface area contributed by atoms with E-state index in [1.165, 1.54) is 0 Å². The minimum Gasteiger partial charge on any atom is -0.394 e. The van der Waals surface area contributed by atoms with E-state index in [1.807, 2.05) is 24.6 Å². The van der Waals surface area contributed by atoms with E-state index in [4.69, 9.17) is 5.11 Å². The molecule has 0 aliphatic carbocycles. The smallest absolute Gasteiger partial charge is 0.214 e. The average Bonchev–Trinajstić information content (AvgIpc) is 2.95. The lowest BCUT2D eigenvalue weighted by Gasteiger charge is -2.32. The van der Waals surface area contributed by atoms with Crippen molar-refractivity contribution in [2.45, 2.75) is 45.6 Å². The van der Waals surface area contributed by atoms with Gasteiger partial charge in [-0.1, -0.05) is 20.3 Å². The summed E-state index contributed by atoms with van der Waals surface area (Å²) < 4.78 is 28.3. The number of piperidine rings is 1. The van der Waals surface area contributed by atoms with Crippen LogP contribution in [0.2, 0.25) is 0 Å². The zero-order valence-corrected chi connectivity index (χ0v) is 14.3. The van der Waals surface area contributed by atoms with E-state index in [0.717, 1.165) is 25.0 Å². The molecule has 0 aromatic carbocycles. The number of sulfonamides is 1. The monoisotopic (exact) mass is 329 g/mol. The van der Waals surface area contributed by atoms with Crippen LogP contribution in [0.3, 0.4) is 0 Å². The van der Waals surface area contributed by atoms with Crippen molar-refractivity contribution in [2.24, 2.45) is 5.92 Å². The molecule has 1 saturated heterocycles. The normalized spacial score (nSPS) is 19.4. The van der Waals surface area contributed by atoms with Crippen LogP contribution in [0.5, 0.6) is 0 Å². The van der Waals surface area contributed by atoms with Crippen LogP contribution in [0.15, 0.2) is 12.3 Å². The molecule has 0 bridgehead atoms. The second-order valence-electron chi connectivity index (χ2n) is 6.17. The predicted molar refractivity (Wildman–Crippen MR) is 86.1 cm³/mol. The highest BCUT2D eigenvalue weighted by Gasteiger charge is 2.30. The summed E-state index contributed by atoms with van der Waals surface area (Å²) >= 11 is 0. The highest BCUT2D eigenvalue weighted by Crippen LogP contribution is 2.29. The van der Waals surface area contributed by atoms with Gasteiger partial charge in [-0.15, -0.1) is 0 Å². The molecule has 1 unspecified atom stereocenters. The Labute approximate surface area is 133 Å². The third-order valence-electron chi connectivity index (χ3n) is 4.52. The van der Waals surface area contributed by atoms with Gasteiger partial charge in [-0.25, -0.2) is 12.7 Å². The van der Waals surface area contributed by atoms with Gasteiger partial charge in [-0.2, -0.15) is 5.10 Å². The Balaban J connectivity index is 1.96. The topological polar surface area (TPSA) is 75.4 Å². The van der Waals surface area contributed by atoms with Gasteiger partial charge >= 0.3 is 0 Å². The fourth-order valence-corrected chi connectivity index (χ4v) is 4.92. The maximum atomic E-state index is 12.4. The second kappa shape index (κ2) is 7.57. The Hall–Kier alpha value is -0.920. The first-order valence-electron chi connectivity index (χ1n) is 8.08. The first-order valence-corrected chi connectivity index (χ1v) is 9.69. The molecule has 2 rings (SSSR count). The van der Waals surface area contributed by atoms with Gasteiger partial charge in [0, 0.05) is 30.9 Å². The SMILES string of the molecule is CCC(C)CS(=O)(=O)N1CCC(c2ccnn2CCO)CC1. The largest absolute Gasteiger partial charge is 0.394 e. The molecule has 1 N–H and O–H groups in total. The maximum absolute atomic E-state index is 12.4. The van der Waals surface area contributed by atoms with Crippen molar-refractivity contribution in [3.05, 3.63) is 18.0 Å². The van der Waals surface area contributed by atoms with Gasteiger partial charge in [0.05, 0.1) is 18.9 Å². The van der Waals surface area contributed by atoms with Crippen molar-refractivity contribution in [1.29, 1.82) is 0 Å². The predicted octanol–water partition coefficient (Wildman–Crippen LogP) is 1.43. The molecule has 1 aliphatic heterocycles. The fourth-order valence-electron chi connectivity index (χ4n) is 2.98. The Morgan fingerprint density at radius 3 is 2.68 bits per heavy atom. The van der Waals surface area contributed by atoms with E-state index < -0.39 is 10.0 Å². The fraction of sp³-hybridized carbons (Fsp3) is 0.800. The van der Waals surface area contributed by atoms with Gasteiger partial charge in [0.15, 0.2) is 0 Å². The minimum atomic E-state index is -3.14. The Morgan fingerprint density at radius 1 is 1.41 bits per heavy atom. The summed E-state index contributed by atoms with van der Waals surface area (Å²) in [5.41, 5.74) is 1.10. The molecule has 0 saturated carbocycles. The zero-order chi connectivity index (χ0) is 16.2. The molecule has 1 aromatic rings. The molecular formula is C15H27N3O3S. The third-order valence-corrected chi connectivity index (χ3v) is 6.66. The first-order chi connectivity index (χ1) is 10.5. The Morgan fingerprint density at radius 2 is 2.09 bits per heavy atom. The molecule has 0 amide bonds. The highest BCUT2D eigenvalue weighted by molar-refractivity contribution is 7.89. The molecule has 22 heavy (non-hydrogen) atoms. The minimum absolute atomic E-state index is 0.0663. The number of rotatable bonds is 7. The van der Waals surface area contributed by atoms with Crippen molar-refractivity contribution < 1.29 is 13.5 Å². The number of aliphatic hydroxyl groups is 1. The summed E-state index contributed by atoms with van der Waals surface area (Å²) in [5, 5.41) is 13.3. The van der Waals surface area contributed by atoms with Crippen LogP contribution in [0.4, 0.5) is 0 Å². The summed E-state index contributed by atoms with van der Waals surface area (Å²) in [4.78, 5) is 0. The quantitative estimate of drug-likeness (QED) is 0.821. The average molecular weight is 329 g/mol. The van der Waals surface area contributed by atoms with Crippen molar-refractivity contribution in [3.63, 3.8) is 0 Å². The van der Waals surface area contributed by atoms with Gasteiger partial charge in [0.1, 0.15) is 0 Å². The number of nitrogens with zero attached hydrogens (tertiary/aromatic N) is 3. The van der Waals surface area contributed by atoms with Crippen LogP contribution in [-0.2, 0) is 16.6 Å². The zero-order valence-electron chi connectivity index (χ0n) is 13.5. The lowest BCUT2D eigenvalue weighted by atomic mass is 9.94. The summed E-state index contributed by atoms with van der Waals surface area (Å²) in [7, 11) is -3.14. The molecule has 1 aromatic heterocycles. The number of hydrogen-bond acceptors (Lipinski definition) is 4. The molecule has 0 radical (unpaired) electrons. The standard InChI is InChI=1S/C15H27N3O3S/c1-3-13(2)12-22(20,21)17-8-5-14(6-9-17)15-4-7-16-18(15)10-11-19/h4,7,13-14,19H,3,5-6,8-12H2,1-2H3. The van der Waals surface area contributed by atoms with E-state index in [0.29, 0.717) is 25.6 Å². The summed E-state index contributed by atoms with van der Waals surface area (Å²) in [5.74, 6) is 0.772. The number of aliphatic hydroxyl groups excluding tert-OH is 1. The van der Waals surface area contributed by atoms with E-state index in [-0.39, 0.29) is 18.3 Å². The van der Waals surface area contributed by atoms with Crippen LogP contribution in [0, 0.1) is 5.92 Å². The number of hydrogen-bond donors (Lipinski definition) is 1. The van der Waals surface area contributed by atoms with Crippen LogP contribution < -0.4 is 0 Å². The van der Waals surface area contributed by atoms with E-state index in [2.05, 4.69) is 5.10 Å². The van der Waals surface area contributed by atoms with Crippen molar-refractivity contribution in [1.82, 2.24) is 14.1 Å². The molecule has 0 spiro atoms. The highest BCUT2D eigenvalue weighted by atomic mass is 32.2. The van der Waals surface area contributed by atoms with Gasteiger partial charge < -0.3 is 5.11 Å². The van der Waals surface area contributed by atoms with Gasteiger partial charge in [-0.05, 0) is 24.8 Å². The van der Waals surface area contributed by atoms with Gasteiger partial charge in [0.25, 0.3) is 0 Å². The lowest BCUT2D eigenvalue weighted by Crippen LogP contribution is -2.40. The van der Waals surface area contributed by atoms with Gasteiger partial charge in [0.2, 0.25) is 10.0 Å². The molecule has 2 heterocycles. The number of aromatic nitrogens is 2. The van der Waals surface area contributed by atoms with Crippen LogP contribution in [0.1, 0.15) is 44.7 Å². The van der Waals surface area contributed by atoms with Crippen molar-refractivity contribution in [3.8, 4) is 0 Å². The molecule has 6 nitrogen and oxygen atoms in total. The van der Waals surface area contributed by atoms with E-state index in [9.17, 15) is 8.42 Å². The molecule has 126 valence electrons. The maximum Gasteiger partial charge on any atom is 0.214 e. The first kappa shape index (κ1) is 17.4. The summed E-state index contributed by atoms with van der Waals surface area (Å²) in [6.45, 7) is 5.72. The summed E-state index contributed by atoms with van der Waals surface area (Å²) in [6, 6.07) is 1.98. The van der Waals surface area contributed by atoms with Gasteiger partial charge in [-0.3, -0.25) is 4.68 Å². The molecular weight excluding hydrogens is 302 g/mol. The molecule has 1 fully saturated rings. The van der Waals surface area contributed by atoms with E-state index in [1.54, 1.807) is 10.5 Å². The lowest BCUT2D eigenvalue weighted by molar-refractivity contribution is 0.260. The van der Waals surface area contributed by atoms with Crippen LogP contribution in [-0.4, -0.2) is 53.1 Å². The molecule has 7 heteroatoms. The van der Waals surface area contributed by atoms with Crippen molar-refractivity contribution in [2.75, 3.05) is 25.4 Å². The van der Waals surface area contributed by atoms with Crippen LogP contribution in [0.25, 0.3) is 0 Å². The van der Waals surface area contributed by atoms with Crippen molar-refractivity contribution >= 4 is 10.0 Å². The summed E-state index contributed by atoms with van der Waals surface area (Å²) in [6.07, 6.45) is 4.26.